The Labute approximate surface area is 183 Å². The highest BCUT2D eigenvalue weighted by atomic mass is 35.5. The number of primary amides is 1. The molecule has 0 aliphatic rings. The molecule has 31 heavy (non-hydrogen) atoms. The van der Waals surface area contributed by atoms with Gasteiger partial charge in [0.1, 0.15) is 5.75 Å². The molecular weight excluding hydrogens is 458 g/mol. The van der Waals surface area contributed by atoms with E-state index in [4.69, 9.17) is 33.7 Å². The number of hydrogen-bond acceptors (Lipinski definition) is 4. The molecule has 0 unspecified atom stereocenters. The molecule has 0 spiro atoms. The Morgan fingerprint density at radius 2 is 1.71 bits per heavy atom. The zero-order valence-corrected chi connectivity index (χ0v) is 16.9. The van der Waals surface area contributed by atoms with E-state index in [9.17, 15) is 22.8 Å². The first kappa shape index (κ1) is 22.4. The van der Waals surface area contributed by atoms with Gasteiger partial charge in [-0.05, 0) is 36.4 Å². The van der Waals surface area contributed by atoms with Crippen molar-refractivity contribution >= 4 is 40.8 Å². The van der Waals surface area contributed by atoms with Gasteiger partial charge in [-0.3, -0.25) is 4.79 Å². The molecule has 160 valence electrons. The highest BCUT2D eigenvalue weighted by molar-refractivity contribution is 6.36. The molecule has 0 saturated carbocycles. The smallest absolute Gasteiger partial charge is 0.417 e. The number of hydrogen-bond donors (Lipinski definition) is 1. The van der Waals surface area contributed by atoms with Crippen molar-refractivity contribution in [1.29, 1.82) is 0 Å². The molecule has 0 saturated heterocycles. The first-order chi connectivity index (χ1) is 14.6. The van der Waals surface area contributed by atoms with Crippen LogP contribution in [0.4, 0.5) is 23.7 Å². The molecule has 0 bridgehead atoms. The maximum atomic E-state index is 12.8. The number of ether oxygens (including phenoxy) is 1. The predicted octanol–water partition coefficient (Wildman–Crippen LogP) is 5.93. The van der Waals surface area contributed by atoms with Crippen LogP contribution in [0, 0.1) is 0 Å². The summed E-state index contributed by atoms with van der Waals surface area (Å²) in [6, 6.07) is 10.7. The molecular formula is C20H12Cl2F3N3O3. The fourth-order valence-electron chi connectivity index (χ4n) is 2.53. The van der Waals surface area contributed by atoms with Crippen LogP contribution >= 0.6 is 23.2 Å². The number of alkyl halides is 3. The van der Waals surface area contributed by atoms with Gasteiger partial charge in [0.05, 0.1) is 26.9 Å². The molecule has 3 aromatic rings. The number of carbonyl (C=O) groups is 2. The van der Waals surface area contributed by atoms with Gasteiger partial charge in [-0.2, -0.15) is 13.2 Å². The van der Waals surface area contributed by atoms with Crippen molar-refractivity contribution in [3.05, 3.63) is 82.0 Å². The Hall–Kier alpha value is -3.30. The summed E-state index contributed by atoms with van der Waals surface area (Å²) in [4.78, 5) is 29.0. The standard InChI is InChI=1S/C20H12Cl2F3N3O3/c21-14-4-2-1-3-13(14)18(29)28(19(26)30)12-6-7-16(15(22)9-12)31-17-8-5-11(10-27-17)20(23,24)25/h1-10H,(H2,26,30). The summed E-state index contributed by atoms with van der Waals surface area (Å²) in [6.45, 7) is 0. The third kappa shape index (κ3) is 5.07. The van der Waals surface area contributed by atoms with Gasteiger partial charge < -0.3 is 10.5 Å². The second-order valence-corrected chi connectivity index (χ2v) is 6.87. The van der Waals surface area contributed by atoms with Crippen molar-refractivity contribution in [2.45, 2.75) is 6.18 Å². The van der Waals surface area contributed by atoms with Crippen LogP contribution in [-0.4, -0.2) is 16.9 Å². The Morgan fingerprint density at radius 1 is 1.00 bits per heavy atom. The predicted molar refractivity (Wildman–Crippen MR) is 109 cm³/mol. The van der Waals surface area contributed by atoms with E-state index in [0.29, 0.717) is 11.1 Å². The zero-order chi connectivity index (χ0) is 22.8. The summed E-state index contributed by atoms with van der Waals surface area (Å²) in [5.41, 5.74) is 4.52. The Balaban J connectivity index is 1.87. The average molecular weight is 470 g/mol. The summed E-state index contributed by atoms with van der Waals surface area (Å²) in [7, 11) is 0. The van der Waals surface area contributed by atoms with Gasteiger partial charge in [-0.1, -0.05) is 35.3 Å². The first-order valence-corrected chi connectivity index (χ1v) is 9.22. The normalized spacial score (nSPS) is 11.1. The van der Waals surface area contributed by atoms with Gasteiger partial charge in [0.15, 0.2) is 0 Å². The summed E-state index contributed by atoms with van der Waals surface area (Å²) >= 11 is 12.2. The maximum Gasteiger partial charge on any atom is 0.417 e. The molecule has 1 heterocycles. The highest BCUT2D eigenvalue weighted by Gasteiger charge is 2.31. The van der Waals surface area contributed by atoms with Crippen molar-refractivity contribution < 1.29 is 27.5 Å². The Kier molecular flexibility index (Phi) is 6.37. The lowest BCUT2D eigenvalue weighted by Crippen LogP contribution is -2.41. The quantitative estimate of drug-likeness (QED) is 0.513. The lowest BCUT2D eigenvalue weighted by molar-refractivity contribution is -0.137. The van der Waals surface area contributed by atoms with Crippen LogP contribution in [0.2, 0.25) is 10.0 Å². The van der Waals surface area contributed by atoms with Crippen molar-refractivity contribution in [3.8, 4) is 11.6 Å². The number of pyridine rings is 1. The Morgan fingerprint density at radius 3 is 2.26 bits per heavy atom. The summed E-state index contributed by atoms with van der Waals surface area (Å²) < 4.78 is 43.3. The molecule has 3 rings (SSSR count). The van der Waals surface area contributed by atoms with E-state index in [1.807, 2.05) is 0 Å². The van der Waals surface area contributed by atoms with Gasteiger partial charge in [-0.25, -0.2) is 14.7 Å². The minimum atomic E-state index is -4.53. The number of nitrogens with zero attached hydrogens (tertiary/aromatic N) is 2. The van der Waals surface area contributed by atoms with E-state index >= 15 is 0 Å². The third-order valence-corrected chi connectivity index (χ3v) is 4.60. The van der Waals surface area contributed by atoms with E-state index in [1.54, 1.807) is 12.1 Å². The van der Waals surface area contributed by atoms with Crippen molar-refractivity contribution in [3.63, 3.8) is 0 Å². The molecule has 0 radical (unpaired) electrons. The number of halogens is 5. The van der Waals surface area contributed by atoms with Crippen LogP contribution in [0.3, 0.4) is 0 Å². The average Bonchev–Trinajstić information content (AvgIpc) is 2.70. The van der Waals surface area contributed by atoms with E-state index in [-0.39, 0.29) is 32.9 Å². The number of benzene rings is 2. The van der Waals surface area contributed by atoms with E-state index in [2.05, 4.69) is 4.98 Å². The lowest BCUT2D eigenvalue weighted by atomic mass is 10.2. The molecule has 1 aromatic heterocycles. The minimum absolute atomic E-state index is 0.0345. The van der Waals surface area contributed by atoms with Crippen LogP contribution in [-0.2, 0) is 6.18 Å². The number of amides is 3. The highest BCUT2D eigenvalue weighted by Crippen LogP contribution is 2.34. The molecule has 0 fully saturated rings. The van der Waals surface area contributed by atoms with Gasteiger partial charge in [0.25, 0.3) is 5.91 Å². The number of nitrogens with two attached hydrogens (primary N) is 1. The molecule has 11 heteroatoms. The molecule has 3 amide bonds. The first-order valence-electron chi connectivity index (χ1n) is 8.47. The summed E-state index contributed by atoms with van der Waals surface area (Å²) in [5, 5.41) is 0.0792. The SMILES string of the molecule is NC(=O)N(C(=O)c1ccccc1Cl)c1ccc(Oc2ccc(C(F)(F)F)cn2)c(Cl)c1. The number of anilines is 1. The van der Waals surface area contributed by atoms with Gasteiger partial charge in [0.2, 0.25) is 5.88 Å². The number of aromatic nitrogens is 1. The van der Waals surface area contributed by atoms with Crippen LogP contribution in [0.25, 0.3) is 0 Å². The lowest BCUT2D eigenvalue weighted by Gasteiger charge is -2.20. The van der Waals surface area contributed by atoms with Crippen LogP contribution in [0.5, 0.6) is 11.6 Å². The van der Waals surface area contributed by atoms with Crippen molar-refractivity contribution in [2.24, 2.45) is 5.73 Å². The second kappa shape index (κ2) is 8.83. The Bertz CT molecular complexity index is 1140. The monoisotopic (exact) mass is 469 g/mol. The number of rotatable bonds is 4. The maximum absolute atomic E-state index is 12.8. The van der Waals surface area contributed by atoms with Crippen molar-refractivity contribution in [2.75, 3.05) is 4.90 Å². The third-order valence-electron chi connectivity index (χ3n) is 3.98. The van der Waals surface area contributed by atoms with Gasteiger partial charge >= 0.3 is 12.2 Å². The van der Waals surface area contributed by atoms with E-state index in [0.717, 1.165) is 12.1 Å². The van der Waals surface area contributed by atoms with E-state index in [1.165, 1.54) is 30.3 Å². The zero-order valence-electron chi connectivity index (χ0n) is 15.4. The number of urea groups is 1. The van der Waals surface area contributed by atoms with Crippen LogP contribution in [0.15, 0.2) is 60.8 Å². The van der Waals surface area contributed by atoms with Crippen LogP contribution in [0.1, 0.15) is 15.9 Å². The summed E-state index contributed by atoms with van der Waals surface area (Å²) in [5.74, 6) is -0.874. The molecule has 0 aliphatic carbocycles. The second-order valence-electron chi connectivity index (χ2n) is 6.06. The summed E-state index contributed by atoms with van der Waals surface area (Å²) in [6.07, 6.45) is -3.91. The molecule has 6 nitrogen and oxygen atoms in total. The topological polar surface area (TPSA) is 85.5 Å². The number of carbonyl (C=O) groups excluding carboxylic acids is 2. The van der Waals surface area contributed by atoms with Crippen molar-refractivity contribution in [1.82, 2.24) is 4.98 Å². The fraction of sp³-hybridized carbons (Fsp3) is 0.0500. The van der Waals surface area contributed by atoms with Crippen LogP contribution < -0.4 is 15.4 Å². The van der Waals surface area contributed by atoms with E-state index < -0.39 is 23.7 Å². The largest absolute Gasteiger partial charge is 0.437 e. The number of imide groups is 1. The molecule has 0 atom stereocenters. The molecule has 2 aromatic carbocycles. The molecule has 0 aliphatic heterocycles. The fourth-order valence-corrected chi connectivity index (χ4v) is 2.96. The van der Waals surface area contributed by atoms with Gasteiger partial charge in [0, 0.05) is 12.3 Å². The van der Waals surface area contributed by atoms with Gasteiger partial charge in [-0.15, -0.1) is 0 Å². The molecule has 2 N–H and O–H groups in total. The minimum Gasteiger partial charge on any atom is -0.437 e.